The number of aliphatic carboxylic acids is 1. The number of nitrogens with one attached hydrogen (secondary N) is 1. The zero-order valence-electron chi connectivity index (χ0n) is 16.6. The van der Waals surface area contributed by atoms with Crippen LogP contribution in [0.3, 0.4) is 0 Å². The van der Waals surface area contributed by atoms with Crippen LogP contribution in [0.2, 0.25) is 0 Å². The molecule has 178 valence electrons. The van der Waals surface area contributed by atoms with E-state index in [1.54, 1.807) is 17.0 Å². The van der Waals surface area contributed by atoms with Crippen LogP contribution in [0, 0.1) is 11.8 Å². The van der Waals surface area contributed by atoms with Gasteiger partial charge in [-0.1, -0.05) is 46.4 Å². The van der Waals surface area contributed by atoms with Crippen LogP contribution in [-0.2, 0) is 14.3 Å². The number of hydrogen-bond acceptors (Lipinski definition) is 4. The number of allylic oxidation sites excluding steroid dienone is 2. The van der Waals surface area contributed by atoms with Crippen LogP contribution in [0.15, 0.2) is 34.3 Å². The molecule has 0 aromatic heterocycles. The van der Waals surface area contributed by atoms with Crippen LogP contribution in [0.1, 0.15) is 10.4 Å². The summed E-state index contributed by atoms with van der Waals surface area (Å²) in [5.74, 6) is -5.66. The number of carboxylic acids is 1. The van der Waals surface area contributed by atoms with Crippen molar-refractivity contribution in [3.05, 3.63) is 39.9 Å². The molecule has 0 spiro atoms. The summed E-state index contributed by atoms with van der Waals surface area (Å²) in [6.07, 6.45) is 0. The number of rotatable bonds is 4. The monoisotopic (exact) mass is 574 g/mol. The highest BCUT2D eigenvalue weighted by molar-refractivity contribution is 6.66. The Bertz CT molecular complexity index is 1060. The van der Waals surface area contributed by atoms with Gasteiger partial charge in [0, 0.05) is 24.3 Å². The topological polar surface area (TPSA) is 95.9 Å². The first kappa shape index (κ1) is 25.2. The lowest BCUT2D eigenvalue weighted by Gasteiger charge is -2.33. The fourth-order valence-corrected chi connectivity index (χ4v) is 7.43. The number of halogens is 6. The van der Waals surface area contributed by atoms with Crippen molar-refractivity contribution in [2.45, 2.75) is 14.1 Å². The van der Waals surface area contributed by atoms with Crippen molar-refractivity contribution in [1.82, 2.24) is 4.90 Å². The van der Waals surface area contributed by atoms with Crippen molar-refractivity contribution in [3.8, 4) is 0 Å². The zero-order valence-corrected chi connectivity index (χ0v) is 21.1. The Hall–Kier alpha value is -0.930. The van der Waals surface area contributed by atoms with Crippen molar-refractivity contribution < 1.29 is 24.2 Å². The molecule has 1 saturated heterocycles. The molecule has 2 amide bonds. The molecule has 2 N–H and O–H groups in total. The zero-order chi connectivity index (χ0) is 24.3. The highest BCUT2D eigenvalue weighted by Gasteiger charge is 2.85. The number of carbonyl (C=O) groups is 3. The maximum atomic E-state index is 13.2. The third kappa shape index (κ3) is 3.46. The summed E-state index contributed by atoms with van der Waals surface area (Å²) in [6, 6.07) is 6.09. The Labute approximate surface area is 218 Å². The van der Waals surface area contributed by atoms with E-state index in [2.05, 4.69) is 5.32 Å². The summed E-state index contributed by atoms with van der Waals surface area (Å²) in [7, 11) is 0. The van der Waals surface area contributed by atoms with Crippen molar-refractivity contribution in [1.29, 1.82) is 0 Å². The molecular formula is C20H16Cl6N2O5. The van der Waals surface area contributed by atoms with E-state index < -0.39 is 37.8 Å². The number of alkyl halides is 4. The summed E-state index contributed by atoms with van der Waals surface area (Å²) in [5, 5.41) is 11.8. The van der Waals surface area contributed by atoms with E-state index in [0.29, 0.717) is 31.9 Å². The molecule has 0 unspecified atom stereocenters. The van der Waals surface area contributed by atoms with Crippen LogP contribution >= 0.6 is 69.6 Å². The van der Waals surface area contributed by atoms with Crippen molar-refractivity contribution in [3.63, 3.8) is 0 Å². The molecule has 4 atom stereocenters. The van der Waals surface area contributed by atoms with Gasteiger partial charge in [0.25, 0.3) is 5.91 Å². The second kappa shape index (κ2) is 8.63. The molecule has 2 fully saturated rings. The predicted octanol–water partition coefficient (Wildman–Crippen LogP) is 4.26. The molecule has 2 aliphatic carbocycles. The van der Waals surface area contributed by atoms with E-state index in [9.17, 15) is 19.5 Å². The minimum absolute atomic E-state index is 0.167. The minimum atomic E-state index is -2.18. The van der Waals surface area contributed by atoms with Gasteiger partial charge in [-0.3, -0.25) is 14.4 Å². The second-order valence-electron chi connectivity index (χ2n) is 7.89. The molecule has 7 nitrogen and oxygen atoms in total. The lowest BCUT2D eigenvalue weighted by Crippen LogP contribution is -2.47. The first-order valence-electron chi connectivity index (χ1n) is 9.71. The molecule has 1 aromatic carbocycles. The van der Waals surface area contributed by atoms with Gasteiger partial charge >= 0.3 is 5.97 Å². The first-order chi connectivity index (χ1) is 15.4. The molecule has 1 heterocycles. The van der Waals surface area contributed by atoms with E-state index in [4.69, 9.17) is 74.3 Å². The van der Waals surface area contributed by atoms with Gasteiger partial charge in [-0.2, -0.15) is 0 Å². The van der Waals surface area contributed by atoms with Crippen molar-refractivity contribution in [2.24, 2.45) is 11.8 Å². The van der Waals surface area contributed by atoms with Crippen LogP contribution in [0.25, 0.3) is 0 Å². The second-order valence-corrected chi connectivity index (χ2v) is 11.2. The Balaban J connectivity index is 1.59. The summed E-state index contributed by atoms with van der Waals surface area (Å²) < 4.78 is 3.06. The largest absolute Gasteiger partial charge is 0.481 e. The number of carboxylic acid groups (broad SMARTS) is 1. The molecule has 1 aliphatic heterocycles. The number of morpholine rings is 1. The van der Waals surface area contributed by atoms with Gasteiger partial charge in [0.2, 0.25) is 5.91 Å². The van der Waals surface area contributed by atoms with Gasteiger partial charge in [0.15, 0.2) is 4.33 Å². The van der Waals surface area contributed by atoms with Gasteiger partial charge in [-0.15, -0.1) is 23.2 Å². The molecule has 1 aromatic rings. The smallest absolute Gasteiger partial charge is 0.309 e. The van der Waals surface area contributed by atoms with Gasteiger partial charge in [-0.25, -0.2) is 0 Å². The van der Waals surface area contributed by atoms with Crippen LogP contribution in [0.5, 0.6) is 0 Å². The third-order valence-electron chi connectivity index (χ3n) is 6.18. The molecule has 13 heteroatoms. The van der Waals surface area contributed by atoms with Crippen LogP contribution in [-0.4, -0.2) is 68.2 Å². The maximum absolute atomic E-state index is 13.2. The molecule has 2 bridgehead atoms. The first-order valence-corrected chi connectivity index (χ1v) is 12.0. The quantitative estimate of drug-likeness (QED) is 0.522. The number of anilines is 1. The van der Waals surface area contributed by atoms with E-state index in [-0.39, 0.29) is 21.7 Å². The average Bonchev–Trinajstić information content (AvgIpc) is 3.00. The minimum Gasteiger partial charge on any atom is -0.481 e. The Kier molecular flexibility index (Phi) is 6.58. The molecular weight excluding hydrogens is 561 g/mol. The summed E-state index contributed by atoms with van der Waals surface area (Å²) in [5.41, 5.74) is 0.709. The number of hydrogen-bond donors (Lipinski definition) is 2. The Morgan fingerprint density at radius 2 is 1.45 bits per heavy atom. The number of carbonyl (C=O) groups excluding carboxylic acids is 2. The van der Waals surface area contributed by atoms with Crippen molar-refractivity contribution >= 4 is 93.1 Å². The number of nitrogens with zero attached hydrogens (tertiary/aromatic N) is 1. The molecule has 3 aliphatic rings. The standard InChI is InChI=1S/C20H16Cl6N2O5/c21-13-14(22)19(24)12(17(31)32)11(18(13,23)20(19,25)26)15(29)27-10-3-1-9(2-4-10)16(30)28-5-7-33-8-6-28/h1-4,11-12H,5-8H2,(H,27,29)(H,31,32)/t11-,12+,18+,19+/m0/s1. The van der Waals surface area contributed by atoms with Gasteiger partial charge in [0.1, 0.15) is 9.75 Å². The van der Waals surface area contributed by atoms with Gasteiger partial charge in [-0.05, 0) is 24.3 Å². The molecule has 4 rings (SSSR count). The summed E-state index contributed by atoms with van der Waals surface area (Å²) in [6.45, 7) is 1.92. The molecule has 0 radical (unpaired) electrons. The number of fused-ring (bicyclic) bond motifs is 2. The normalized spacial score (nSPS) is 32.7. The third-order valence-corrected chi connectivity index (χ3v) is 10.4. The van der Waals surface area contributed by atoms with E-state index >= 15 is 0 Å². The SMILES string of the molecule is O=C(Nc1ccc(C(=O)N2CCOCC2)cc1)[C@@H]1[C@H](C(=O)O)[C@@]2(Cl)C(Cl)=C(Cl)[C@@]1(Cl)C2(Cl)Cl. The summed E-state index contributed by atoms with van der Waals surface area (Å²) >= 11 is 38.4. The van der Waals surface area contributed by atoms with Gasteiger partial charge < -0.3 is 20.1 Å². The fourth-order valence-electron chi connectivity index (χ4n) is 4.49. The van der Waals surface area contributed by atoms with E-state index in [1.165, 1.54) is 12.1 Å². The Morgan fingerprint density at radius 3 is 1.97 bits per heavy atom. The highest BCUT2D eigenvalue weighted by Crippen LogP contribution is 2.76. The lowest BCUT2D eigenvalue weighted by atomic mass is 9.81. The molecule has 1 saturated carbocycles. The maximum Gasteiger partial charge on any atom is 0.309 e. The molecule has 33 heavy (non-hydrogen) atoms. The number of ether oxygens (including phenoxy) is 1. The average molecular weight is 577 g/mol. The number of amides is 2. The summed E-state index contributed by atoms with van der Waals surface area (Å²) in [4.78, 5) is 35.4. The number of benzene rings is 1. The van der Waals surface area contributed by atoms with Crippen molar-refractivity contribution in [2.75, 3.05) is 31.6 Å². The lowest BCUT2D eigenvalue weighted by molar-refractivity contribution is -0.146. The fraction of sp³-hybridized carbons (Fsp3) is 0.450. The Morgan fingerprint density at radius 1 is 0.939 bits per heavy atom. The van der Waals surface area contributed by atoms with E-state index in [1.807, 2.05) is 0 Å². The predicted molar refractivity (Wildman–Crippen MR) is 127 cm³/mol. The van der Waals surface area contributed by atoms with Crippen LogP contribution < -0.4 is 5.32 Å². The van der Waals surface area contributed by atoms with E-state index in [0.717, 1.165) is 0 Å². The highest BCUT2D eigenvalue weighted by atomic mass is 35.5. The van der Waals surface area contributed by atoms with Gasteiger partial charge in [0.05, 0.1) is 35.1 Å². The van der Waals surface area contributed by atoms with Crippen LogP contribution in [0.4, 0.5) is 5.69 Å².